The molecule has 0 fully saturated rings. The van der Waals surface area contributed by atoms with Crippen LogP contribution in [0.15, 0.2) is 45.6 Å². The van der Waals surface area contributed by atoms with Crippen LogP contribution in [0.5, 0.6) is 34.7 Å². The number of phenolic OH excluding ortho intramolecular Hbond substituents is 1. The highest BCUT2D eigenvalue weighted by Crippen LogP contribution is 2.42. The second-order valence-corrected chi connectivity index (χ2v) is 8.04. The maximum absolute atomic E-state index is 12.6. The van der Waals surface area contributed by atoms with Gasteiger partial charge in [-0.25, -0.2) is 0 Å². The molecule has 0 atom stereocenters. The topological polar surface area (TPSA) is 87.4 Å². The summed E-state index contributed by atoms with van der Waals surface area (Å²) in [5.74, 6) is 1.93. The third kappa shape index (κ3) is 5.42. The molecule has 0 aliphatic heterocycles. The SMILES string of the molecule is COc1c(OCC(C)C)cc2oc(Oc3ccc(OCC(C)C)cc3)cc(=O)c2c1O. The van der Waals surface area contributed by atoms with Crippen molar-refractivity contribution in [2.75, 3.05) is 20.3 Å². The molecule has 1 aromatic heterocycles. The van der Waals surface area contributed by atoms with Crippen LogP contribution in [0.4, 0.5) is 0 Å². The Bertz CT molecular complexity index is 1080. The number of aromatic hydroxyl groups is 1. The zero-order chi connectivity index (χ0) is 22.5. The first-order valence-corrected chi connectivity index (χ1v) is 10.2. The van der Waals surface area contributed by atoms with Gasteiger partial charge in [0.05, 0.1) is 26.4 Å². The van der Waals surface area contributed by atoms with Crippen LogP contribution in [0.2, 0.25) is 0 Å². The lowest BCUT2D eigenvalue weighted by molar-refractivity contribution is 0.253. The summed E-state index contributed by atoms with van der Waals surface area (Å²) in [6.07, 6.45) is 0. The molecular weight excluding hydrogens is 400 g/mol. The van der Waals surface area contributed by atoms with E-state index in [1.807, 2.05) is 13.8 Å². The van der Waals surface area contributed by atoms with E-state index in [2.05, 4.69) is 13.8 Å². The minimum atomic E-state index is -0.459. The predicted molar refractivity (Wildman–Crippen MR) is 118 cm³/mol. The van der Waals surface area contributed by atoms with Crippen molar-refractivity contribution in [1.29, 1.82) is 0 Å². The van der Waals surface area contributed by atoms with E-state index in [1.165, 1.54) is 19.2 Å². The van der Waals surface area contributed by atoms with E-state index < -0.39 is 5.43 Å². The summed E-state index contributed by atoms with van der Waals surface area (Å²) in [5, 5.41) is 10.6. The van der Waals surface area contributed by atoms with Crippen molar-refractivity contribution in [2.45, 2.75) is 27.7 Å². The van der Waals surface area contributed by atoms with E-state index in [4.69, 9.17) is 23.4 Å². The summed E-state index contributed by atoms with van der Waals surface area (Å²) >= 11 is 0. The highest BCUT2D eigenvalue weighted by atomic mass is 16.6. The normalized spacial score (nSPS) is 11.2. The second kappa shape index (κ2) is 9.64. The number of hydrogen-bond donors (Lipinski definition) is 1. The van der Waals surface area contributed by atoms with E-state index in [0.29, 0.717) is 24.9 Å². The van der Waals surface area contributed by atoms with Gasteiger partial charge in [0.15, 0.2) is 11.5 Å². The Morgan fingerprint density at radius 2 is 1.55 bits per heavy atom. The molecule has 1 N–H and O–H groups in total. The second-order valence-electron chi connectivity index (χ2n) is 8.04. The number of fused-ring (bicyclic) bond motifs is 1. The molecule has 0 unspecified atom stereocenters. The quantitative estimate of drug-likeness (QED) is 0.490. The summed E-state index contributed by atoms with van der Waals surface area (Å²) in [4.78, 5) is 12.6. The molecule has 0 radical (unpaired) electrons. The van der Waals surface area contributed by atoms with Crippen LogP contribution in [-0.4, -0.2) is 25.4 Å². The predicted octanol–water partition coefficient (Wildman–Crippen LogP) is 5.37. The van der Waals surface area contributed by atoms with Crippen molar-refractivity contribution in [3.63, 3.8) is 0 Å². The molecule has 3 rings (SSSR count). The highest BCUT2D eigenvalue weighted by Gasteiger charge is 2.20. The average Bonchev–Trinajstić information content (AvgIpc) is 2.71. The molecule has 31 heavy (non-hydrogen) atoms. The number of benzene rings is 2. The summed E-state index contributed by atoms with van der Waals surface area (Å²) in [7, 11) is 1.40. The molecule has 0 amide bonds. The van der Waals surface area contributed by atoms with Gasteiger partial charge in [-0.05, 0) is 36.1 Å². The Morgan fingerprint density at radius 1 is 0.935 bits per heavy atom. The summed E-state index contributed by atoms with van der Waals surface area (Å²) in [6, 6.07) is 9.72. The summed E-state index contributed by atoms with van der Waals surface area (Å²) in [5.41, 5.74) is -0.323. The smallest absolute Gasteiger partial charge is 0.294 e. The van der Waals surface area contributed by atoms with Crippen LogP contribution in [0.1, 0.15) is 27.7 Å². The largest absolute Gasteiger partial charge is 0.504 e. The maximum atomic E-state index is 12.6. The Hall–Kier alpha value is -3.35. The first kappa shape index (κ1) is 22.3. The lowest BCUT2D eigenvalue weighted by Gasteiger charge is -2.15. The van der Waals surface area contributed by atoms with Crippen LogP contribution in [0.25, 0.3) is 11.0 Å². The molecular formula is C24H28O7. The molecule has 166 valence electrons. The van der Waals surface area contributed by atoms with Gasteiger partial charge in [-0.1, -0.05) is 27.7 Å². The maximum Gasteiger partial charge on any atom is 0.294 e. The summed E-state index contributed by atoms with van der Waals surface area (Å²) < 4.78 is 28.1. The van der Waals surface area contributed by atoms with Gasteiger partial charge in [-0.15, -0.1) is 0 Å². The first-order valence-electron chi connectivity index (χ1n) is 10.2. The van der Waals surface area contributed by atoms with E-state index in [1.54, 1.807) is 24.3 Å². The number of methoxy groups -OCH3 is 1. The molecule has 7 heteroatoms. The molecule has 0 aliphatic rings. The fourth-order valence-corrected chi connectivity index (χ4v) is 2.83. The standard InChI is InChI=1S/C24H28O7/c1-14(2)12-28-16-6-8-17(9-7-16)30-21-10-18(25)22-19(31-21)11-20(29-13-15(3)4)24(27-5)23(22)26/h6-11,14-15,26H,12-13H2,1-5H3. The van der Waals surface area contributed by atoms with Crippen LogP contribution >= 0.6 is 0 Å². The Morgan fingerprint density at radius 3 is 2.16 bits per heavy atom. The van der Waals surface area contributed by atoms with Crippen LogP contribution in [0, 0.1) is 11.8 Å². The molecule has 0 saturated carbocycles. The molecule has 0 saturated heterocycles. The average molecular weight is 428 g/mol. The zero-order valence-corrected chi connectivity index (χ0v) is 18.4. The molecule has 0 spiro atoms. The van der Waals surface area contributed by atoms with E-state index in [-0.39, 0.29) is 40.1 Å². The number of phenols is 1. The van der Waals surface area contributed by atoms with Crippen LogP contribution in [-0.2, 0) is 0 Å². The fourth-order valence-electron chi connectivity index (χ4n) is 2.83. The molecule has 1 heterocycles. The van der Waals surface area contributed by atoms with Gasteiger partial charge < -0.3 is 28.5 Å². The number of hydrogen-bond acceptors (Lipinski definition) is 7. The van der Waals surface area contributed by atoms with Crippen molar-refractivity contribution in [2.24, 2.45) is 11.8 Å². The van der Waals surface area contributed by atoms with Crippen molar-refractivity contribution >= 4 is 11.0 Å². The van der Waals surface area contributed by atoms with Crippen molar-refractivity contribution in [1.82, 2.24) is 0 Å². The minimum Gasteiger partial charge on any atom is -0.504 e. The van der Waals surface area contributed by atoms with E-state index in [9.17, 15) is 9.90 Å². The summed E-state index contributed by atoms with van der Waals surface area (Å²) in [6.45, 7) is 9.18. The Labute approximate surface area is 181 Å². The Balaban J connectivity index is 1.91. The zero-order valence-electron chi connectivity index (χ0n) is 18.4. The van der Waals surface area contributed by atoms with Gasteiger partial charge in [0.2, 0.25) is 11.2 Å². The highest BCUT2D eigenvalue weighted by molar-refractivity contribution is 5.88. The van der Waals surface area contributed by atoms with Crippen molar-refractivity contribution < 1.29 is 28.5 Å². The number of ether oxygens (including phenoxy) is 4. The third-order valence-electron chi connectivity index (χ3n) is 4.29. The number of rotatable bonds is 9. The lowest BCUT2D eigenvalue weighted by atomic mass is 10.1. The Kier molecular flexibility index (Phi) is 6.95. The lowest BCUT2D eigenvalue weighted by Crippen LogP contribution is -2.07. The molecule has 0 aliphatic carbocycles. The van der Waals surface area contributed by atoms with Gasteiger partial charge in [-0.2, -0.15) is 0 Å². The third-order valence-corrected chi connectivity index (χ3v) is 4.29. The molecule has 7 nitrogen and oxygen atoms in total. The monoisotopic (exact) mass is 428 g/mol. The molecule has 2 aromatic carbocycles. The fraction of sp³-hybridized carbons (Fsp3) is 0.375. The van der Waals surface area contributed by atoms with Gasteiger partial charge in [0.1, 0.15) is 22.5 Å². The van der Waals surface area contributed by atoms with Crippen molar-refractivity contribution in [3.05, 3.63) is 46.6 Å². The van der Waals surface area contributed by atoms with E-state index in [0.717, 1.165) is 5.75 Å². The van der Waals surface area contributed by atoms with Gasteiger partial charge in [-0.3, -0.25) is 4.79 Å². The van der Waals surface area contributed by atoms with Gasteiger partial charge in [0, 0.05) is 6.07 Å². The van der Waals surface area contributed by atoms with E-state index >= 15 is 0 Å². The van der Waals surface area contributed by atoms with Crippen molar-refractivity contribution in [3.8, 4) is 34.7 Å². The molecule has 0 bridgehead atoms. The van der Waals surface area contributed by atoms with Crippen LogP contribution < -0.4 is 24.4 Å². The van der Waals surface area contributed by atoms with Gasteiger partial charge in [0.25, 0.3) is 5.95 Å². The minimum absolute atomic E-state index is 0.00136. The first-order chi connectivity index (χ1) is 14.8. The van der Waals surface area contributed by atoms with Crippen LogP contribution in [0.3, 0.4) is 0 Å². The molecule has 3 aromatic rings. The van der Waals surface area contributed by atoms with Gasteiger partial charge >= 0.3 is 0 Å².